The van der Waals surface area contributed by atoms with Gasteiger partial charge in [-0.1, -0.05) is 24.5 Å². The Labute approximate surface area is 161 Å². The Kier molecular flexibility index (Phi) is 4.41. The first-order chi connectivity index (χ1) is 12.8. The average molecular weight is 391 g/mol. The van der Waals surface area contributed by atoms with Crippen LogP contribution in [0.1, 0.15) is 51.9 Å². The lowest BCUT2D eigenvalue weighted by molar-refractivity contribution is -0.116. The SMILES string of the molecule is C#CC1(OS(=O)(=O)O)C=CC2C3CCC4=CC(=O)CCC4C3CCC21CC. The number of hydrogen-bond donors (Lipinski definition) is 1. The van der Waals surface area contributed by atoms with E-state index in [2.05, 4.69) is 5.92 Å². The average Bonchev–Trinajstić information content (AvgIpc) is 2.94. The minimum atomic E-state index is -4.67. The van der Waals surface area contributed by atoms with E-state index in [4.69, 9.17) is 10.6 Å². The van der Waals surface area contributed by atoms with Gasteiger partial charge < -0.3 is 0 Å². The van der Waals surface area contributed by atoms with E-state index >= 15 is 0 Å². The van der Waals surface area contributed by atoms with Crippen LogP contribution in [-0.4, -0.2) is 24.4 Å². The van der Waals surface area contributed by atoms with Gasteiger partial charge in [0.05, 0.1) is 0 Å². The van der Waals surface area contributed by atoms with Gasteiger partial charge in [0.1, 0.15) is 0 Å². The Morgan fingerprint density at radius 3 is 2.74 bits per heavy atom. The molecule has 5 nitrogen and oxygen atoms in total. The van der Waals surface area contributed by atoms with E-state index in [1.165, 1.54) is 5.57 Å². The number of ketones is 1. The Bertz CT molecular complexity index is 863. The summed E-state index contributed by atoms with van der Waals surface area (Å²) >= 11 is 0. The maximum Gasteiger partial charge on any atom is 0.399 e. The molecule has 6 unspecified atom stereocenters. The zero-order valence-electron chi connectivity index (χ0n) is 15.6. The molecule has 0 spiro atoms. The Morgan fingerprint density at radius 2 is 2.07 bits per heavy atom. The second-order valence-corrected chi connectivity index (χ2v) is 9.54. The van der Waals surface area contributed by atoms with Crippen molar-refractivity contribution in [3.8, 4) is 12.3 Å². The molecule has 0 aromatic rings. The summed E-state index contributed by atoms with van der Waals surface area (Å²) in [5.74, 6) is 4.28. The zero-order valence-corrected chi connectivity index (χ0v) is 16.4. The first-order valence-electron chi connectivity index (χ1n) is 9.84. The predicted octanol–water partition coefficient (Wildman–Crippen LogP) is 3.49. The van der Waals surface area contributed by atoms with Crippen LogP contribution >= 0.6 is 0 Å². The number of fused-ring (bicyclic) bond motifs is 5. The molecule has 2 fully saturated rings. The van der Waals surface area contributed by atoms with Gasteiger partial charge in [0.2, 0.25) is 0 Å². The van der Waals surface area contributed by atoms with Crippen molar-refractivity contribution < 1.29 is 21.9 Å². The van der Waals surface area contributed by atoms with Crippen molar-refractivity contribution in [3.63, 3.8) is 0 Å². The van der Waals surface area contributed by atoms with Gasteiger partial charge in [0, 0.05) is 11.8 Å². The van der Waals surface area contributed by atoms with Gasteiger partial charge in [-0.25, -0.2) is 4.18 Å². The van der Waals surface area contributed by atoms with Crippen molar-refractivity contribution in [3.05, 3.63) is 23.8 Å². The summed E-state index contributed by atoms with van der Waals surface area (Å²) in [6.07, 6.45) is 17.2. The second kappa shape index (κ2) is 6.30. The Morgan fingerprint density at radius 1 is 1.30 bits per heavy atom. The molecule has 0 amide bonds. The monoisotopic (exact) mass is 390 g/mol. The van der Waals surface area contributed by atoms with Gasteiger partial charge in [-0.2, -0.15) is 8.42 Å². The molecule has 1 N–H and O–H groups in total. The summed E-state index contributed by atoms with van der Waals surface area (Å²) in [5, 5.41) is 0. The number of carbonyl (C=O) groups is 1. The van der Waals surface area contributed by atoms with Gasteiger partial charge >= 0.3 is 10.4 Å². The first kappa shape index (κ1) is 18.9. The molecule has 6 heteroatoms. The van der Waals surface area contributed by atoms with Crippen molar-refractivity contribution in [1.82, 2.24) is 0 Å². The van der Waals surface area contributed by atoms with Crippen LogP contribution in [0.3, 0.4) is 0 Å². The van der Waals surface area contributed by atoms with E-state index in [0.29, 0.717) is 30.6 Å². The van der Waals surface area contributed by atoms with Crippen LogP contribution in [0.15, 0.2) is 23.8 Å². The molecule has 6 atom stereocenters. The summed E-state index contributed by atoms with van der Waals surface area (Å²) < 4.78 is 37.6. The van der Waals surface area contributed by atoms with Gasteiger partial charge in [-0.15, -0.1) is 6.42 Å². The van der Waals surface area contributed by atoms with E-state index in [0.717, 1.165) is 32.1 Å². The van der Waals surface area contributed by atoms with Crippen LogP contribution in [0, 0.1) is 41.4 Å². The lowest BCUT2D eigenvalue weighted by Crippen LogP contribution is -2.55. The Balaban J connectivity index is 1.70. The summed E-state index contributed by atoms with van der Waals surface area (Å²) in [6, 6.07) is 0. The van der Waals surface area contributed by atoms with E-state index in [1.807, 2.05) is 19.1 Å². The highest BCUT2D eigenvalue weighted by Gasteiger charge is 2.63. The summed E-state index contributed by atoms with van der Waals surface area (Å²) in [5.41, 5.74) is -0.649. The molecule has 27 heavy (non-hydrogen) atoms. The lowest BCUT2D eigenvalue weighted by Gasteiger charge is -2.56. The summed E-state index contributed by atoms with van der Waals surface area (Å²) in [6.45, 7) is 2.02. The molecule has 0 bridgehead atoms. The molecule has 0 saturated heterocycles. The fourth-order valence-electron chi connectivity index (χ4n) is 6.66. The molecule has 2 saturated carbocycles. The van der Waals surface area contributed by atoms with E-state index in [-0.39, 0.29) is 11.7 Å². The van der Waals surface area contributed by atoms with Crippen LogP contribution in [-0.2, 0) is 19.4 Å². The lowest BCUT2D eigenvalue weighted by atomic mass is 9.49. The largest absolute Gasteiger partial charge is 0.399 e. The quantitative estimate of drug-likeness (QED) is 0.453. The summed E-state index contributed by atoms with van der Waals surface area (Å²) in [4.78, 5) is 11.8. The minimum absolute atomic E-state index is 0.123. The van der Waals surface area contributed by atoms with Crippen molar-refractivity contribution in [1.29, 1.82) is 0 Å². The Hall–Kier alpha value is -1.42. The number of hydrogen-bond acceptors (Lipinski definition) is 4. The smallest absolute Gasteiger partial charge is 0.295 e. The zero-order chi connectivity index (χ0) is 19.4. The van der Waals surface area contributed by atoms with Crippen LogP contribution in [0.25, 0.3) is 0 Å². The van der Waals surface area contributed by atoms with Crippen molar-refractivity contribution in [2.75, 3.05) is 0 Å². The molecule has 0 aromatic carbocycles. The fourth-order valence-corrected chi connectivity index (χ4v) is 7.26. The molecular formula is C21H26O5S. The highest BCUT2D eigenvalue weighted by atomic mass is 32.3. The molecule has 0 heterocycles. The number of rotatable bonds is 3. The van der Waals surface area contributed by atoms with Crippen LogP contribution < -0.4 is 0 Å². The molecule has 0 radical (unpaired) electrons. The molecule has 4 aliphatic carbocycles. The number of terminal acetylenes is 1. The highest BCUT2D eigenvalue weighted by molar-refractivity contribution is 7.81. The van der Waals surface area contributed by atoms with Gasteiger partial charge in [0.25, 0.3) is 0 Å². The van der Waals surface area contributed by atoms with Crippen molar-refractivity contribution >= 4 is 16.2 Å². The predicted molar refractivity (Wildman–Crippen MR) is 101 cm³/mol. The van der Waals surface area contributed by atoms with E-state index in [1.54, 1.807) is 6.08 Å². The standard InChI is InChI=1S/C21H26O5S/c1-3-20-11-9-17-16-8-6-15(22)13-14(16)5-7-18(17)19(20)10-12-21(20,4-2)26-27(23,24)25/h2,10,12-13,16-19H,3,5-9,11H2,1H3,(H,23,24,25). The van der Waals surface area contributed by atoms with Gasteiger partial charge in [-0.05, 0) is 74.3 Å². The maximum absolute atomic E-state index is 11.8. The number of allylic oxidation sites excluding steroid dienone is 3. The normalized spacial score (nSPS) is 43.3. The molecule has 0 aliphatic heterocycles. The third-order valence-corrected chi connectivity index (χ3v) is 8.21. The molecular weight excluding hydrogens is 364 g/mol. The topological polar surface area (TPSA) is 80.7 Å². The van der Waals surface area contributed by atoms with E-state index < -0.39 is 21.4 Å². The van der Waals surface area contributed by atoms with Crippen LogP contribution in [0.2, 0.25) is 0 Å². The molecule has 4 aliphatic rings. The minimum Gasteiger partial charge on any atom is -0.295 e. The molecule has 0 aromatic heterocycles. The van der Waals surface area contributed by atoms with Crippen molar-refractivity contribution in [2.24, 2.45) is 29.1 Å². The van der Waals surface area contributed by atoms with Crippen LogP contribution in [0.5, 0.6) is 0 Å². The molecule has 4 rings (SSSR count). The van der Waals surface area contributed by atoms with E-state index in [9.17, 15) is 17.8 Å². The van der Waals surface area contributed by atoms with Crippen LogP contribution in [0.4, 0.5) is 0 Å². The highest BCUT2D eigenvalue weighted by Crippen LogP contribution is 2.64. The molecule has 146 valence electrons. The van der Waals surface area contributed by atoms with Crippen molar-refractivity contribution in [2.45, 2.75) is 57.5 Å². The maximum atomic E-state index is 11.8. The summed E-state index contributed by atoms with van der Waals surface area (Å²) in [7, 11) is -4.67. The fraction of sp³-hybridized carbons (Fsp3) is 0.667. The van der Waals surface area contributed by atoms with Gasteiger partial charge in [-0.3, -0.25) is 9.35 Å². The number of carbonyl (C=O) groups excluding carboxylic acids is 1. The second-order valence-electron chi connectivity index (χ2n) is 8.52. The first-order valence-corrected chi connectivity index (χ1v) is 11.2. The third-order valence-electron chi connectivity index (χ3n) is 7.74. The third kappa shape index (κ3) is 2.74. The van der Waals surface area contributed by atoms with Gasteiger partial charge in [0.15, 0.2) is 11.4 Å².